The summed E-state index contributed by atoms with van der Waals surface area (Å²) in [6, 6.07) is 8.74. The summed E-state index contributed by atoms with van der Waals surface area (Å²) in [7, 11) is 4.46. The van der Waals surface area contributed by atoms with Gasteiger partial charge in [0.05, 0.1) is 32.6 Å². The number of aliphatic hydroxyl groups is 1. The summed E-state index contributed by atoms with van der Waals surface area (Å²) < 4.78 is 21.3. The van der Waals surface area contributed by atoms with Crippen LogP contribution >= 0.6 is 11.3 Å². The van der Waals surface area contributed by atoms with Crippen LogP contribution in [0.25, 0.3) is 5.76 Å². The highest BCUT2D eigenvalue weighted by Crippen LogP contribution is 2.47. The number of nitrogens with zero attached hydrogens (tertiary/aromatic N) is 2. The van der Waals surface area contributed by atoms with E-state index in [9.17, 15) is 19.5 Å². The van der Waals surface area contributed by atoms with Gasteiger partial charge in [-0.25, -0.2) is 9.78 Å². The maximum atomic E-state index is 13.6. The van der Waals surface area contributed by atoms with E-state index in [1.165, 1.54) is 32.3 Å². The van der Waals surface area contributed by atoms with Crippen molar-refractivity contribution in [1.29, 1.82) is 0 Å². The minimum absolute atomic E-state index is 0.000278. The number of rotatable bonds is 9. The number of ether oxygens (including phenoxy) is 4. The Hall–Kier alpha value is -4.64. The second-order valence-electron chi connectivity index (χ2n) is 8.76. The molecule has 1 saturated heterocycles. The first-order valence-corrected chi connectivity index (χ1v) is 12.9. The molecule has 2 heterocycles. The largest absolute Gasteiger partial charge is 0.507 e. The Morgan fingerprint density at radius 3 is 2.38 bits per heavy atom. The summed E-state index contributed by atoms with van der Waals surface area (Å²) in [6.07, 6.45) is 1.44. The molecule has 1 aliphatic heterocycles. The molecule has 1 aromatic heterocycles. The summed E-state index contributed by atoms with van der Waals surface area (Å²) >= 11 is 0.905. The average molecular weight is 565 g/mol. The first kappa shape index (κ1) is 28.4. The number of aromatic nitrogens is 1. The number of ketones is 1. The monoisotopic (exact) mass is 564 g/mol. The zero-order valence-electron chi connectivity index (χ0n) is 22.6. The van der Waals surface area contributed by atoms with Crippen molar-refractivity contribution in [3.8, 4) is 17.2 Å². The standard InChI is InChI=1S/C29H28N2O8S/c1-7-12-39-28(35)26-16(3)30-29(40-26)31-23(20-11-9-18(37-5)14-21(20)38-6)22(25(33)27(31)34)24(32)19-10-8-17(36-4)13-15(19)2/h7-11,13-14,23,32H,1,12H2,2-6H3/b24-22+. The van der Waals surface area contributed by atoms with E-state index in [0.717, 1.165) is 11.3 Å². The SMILES string of the molecule is C=CCOC(=O)c1sc(N2C(=O)C(=O)/C(=C(/O)c3ccc(OC)cc3C)C2c2ccc(OC)cc2OC)nc1C. The third kappa shape index (κ3) is 5.03. The molecule has 0 spiro atoms. The molecular formula is C29H28N2O8S. The van der Waals surface area contributed by atoms with E-state index in [2.05, 4.69) is 11.6 Å². The van der Waals surface area contributed by atoms with Crippen molar-refractivity contribution in [1.82, 2.24) is 4.98 Å². The number of hydrogen-bond acceptors (Lipinski definition) is 10. The minimum atomic E-state index is -1.13. The molecule has 3 aromatic rings. The number of amides is 1. The Balaban J connectivity index is 1.96. The van der Waals surface area contributed by atoms with Crippen molar-refractivity contribution in [2.24, 2.45) is 0 Å². The van der Waals surface area contributed by atoms with Gasteiger partial charge in [0, 0.05) is 17.2 Å². The first-order chi connectivity index (χ1) is 19.2. The number of carbonyl (C=O) groups is 3. The van der Waals surface area contributed by atoms with Crippen LogP contribution in [0.1, 0.15) is 38.1 Å². The topological polar surface area (TPSA) is 124 Å². The summed E-state index contributed by atoms with van der Waals surface area (Å²) in [4.78, 5) is 45.6. The lowest BCUT2D eigenvalue weighted by Crippen LogP contribution is -2.29. The van der Waals surface area contributed by atoms with Crippen LogP contribution in [0, 0.1) is 13.8 Å². The van der Waals surface area contributed by atoms with Gasteiger partial charge in [-0.3, -0.25) is 14.5 Å². The highest BCUT2D eigenvalue weighted by molar-refractivity contribution is 7.17. The zero-order valence-corrected chi connectivity index (χ0v) is 23.5. The summed E-state index contributed by atoms with van der Waals surface area (Å²) in [5.41, 5.74) is 1.53. The Morgan fingerprint density at radius 1 is 1.07 bits per heavy atom. The Bertz CT molecular complexity index is 1540. The molecule has 1 unspecified atom stereocenters. The molecule has 0 bridgehead atoms. The number of Topliss-reactive ketones (excluding diaryl/α,β-unsaturated/α-hetero) is 1. The molecule has 1 atom stereocenters. The number of anilines is 1. The summed E-state index contributed by atoms with van der Waals surface area (Å²) in [5, 5.41) is 11.6. The number of aryl methyl sites for hydroxylation is 2. The van der Waals surface area contributed by atoms with Gasteiger partial charge in [0.1, 0.15) is 40.5 Å². The lowest BCUT2D eigenvalue weighted by atomic mass is 9.93. The van der Waals surface area contributed by atoms with E-state index in [0.29, 0.717) is 39.6 Å². The van der Waals surface area contributed by atoms with Crippen LogP contribution in [0.5, 0.6) is 17.2 Å². The number of aliphatic hydroxyl groups excluding tert-OH is 1. The highest BCUT2D eigenvalue weighted by atomic mass is 32.1. The number of esters is 1. The number of carbonyl (C=O) groups excluding carboxylic acids is 3. The lowest BCUT2D eigenvalue weighted by Gasteiger charge is -2.25. The fourth-order valence-electron chi connectivity index (χ4n) is 4.42. The molecule has 1 aliphatic rings. The Kier molecular flexibility index (Phi) is 8.24. The number of methoxy groups -OCH3 is 3. The van der Waals surface area contributed by atoms with Gasteiger partial charge in [-0.2, -0.15) is 0 Å². The second kappa shape index (κ2) is 11.6. The predicted octanol–water partition coefficient (Wildman–Crippen LogP) is 4.75. The minimum Gasteiger partial charge on any atom is -0.507 e. The van der Waals surface area contributed by atoms with E-state index in [1.54, 1.807) is 50.2 Å². The van der Waals surface area contributed by atoms with Crippen molar-refractivity contribution in [3.05, 3.63) is 81.9 Å². The van der Waals surface area contributed by atoms with Crippen molar-refractivity contribution in [2.75, 3.05) is 32.8 Å². The van der Waals surface area contributed by atoms with Crippen molar-refractivity contribution in [3.63, 3.8) is 0 Å². The maximum Gasteiger partial charge on any atom is 0.350 e. The number of thiazole rings is 1. The van der Waals surface area contributed by atoms with Crippen LogP contribution in [0.3, 0.4) is 0 Å². The van der Waals surface area contributed by atoms with Gasteiger partial charge >= 0.3 is 11.9 Å². The molecule has 4 rings (SSSR count). The normalized spacial score (nSPS) is 16.1. The van der Waals surface area contributed by atoms with Gasteiger partial charge in [-0.1, -0.05) is 24.0 Å². The second-order valence-corrected chi connectivity index (χ2v) is 9.73. The number of hydrogen-bond donors (Lipinski definition) is 1. The smallest absolute Gasteiger partial charge is 0.350 e. The van der Waals surface area contributed by atoms with Crippen molar-refractivity contribution in [2.45, 2.75) is 19.9 Å². The molecule has 40 heavy (non-hydrogen) atoms. The van der Waals surface area contributed by atoms with Crippen LogP contribution in [0.15, 0.2) is 54.6 Å². The molecule has 0 saturated carbocycles. The Morgan fingerprint density at radius 2 is 1.75 bits per heavy atom. The predicted molar refractivity (Wildman–Crippen MR) is 149 cm³/mol. The molecule has 11 heteroatoms. The van der Waals surface area contributed by atoms with Crippen LogP contribution in [0.2, 0.25) is 0 Å². The average Bonchev–Trinajstić information content (AvgIpc) is 3.46. The molecule has 0 aliphatic carbocycles. The van der Waals surface area contributed by atoms with E-state index in [-0.39, 0.29) is 27.9 Å². The molecule has 1 fully saturated rings. The van der Waals surface area contributed by atoms with Crippen molar-refractivity contribution < 1.29 is 38.4 Å². The third-order valence-electron chi connectivity index (χ3n) is 6.38. The van der Waals surface area contributed by atoms with Crippen molar-refractivity contribution >= 4 is 39.9 Å². The molecule has 208 valence electrons. The lowest BCUT2D eigenvalue weighted by molar-refractivity contribution is -0.132. The third-order valence-corrected chi connectivity index (χ3v) is 7.51. The molecule has 1 amide bonds. The zero-order chi connectivity index (χ0) is 29.1. The fourth-order valence-corrected chi connectivity index (χ4v) is 5.40. The maximum absolute atomic E-state index is 13.6. The molecule has 1 N–H and O–H groups in total. The molecule has 0 radical (unpaired) electrons. The van der Waals surface area contributed by atoms with Crippen LogP contribution in [-0.2, 0) is 14.3 Å². The van der Waals surface area contributed by atoms with Gasteiger partial charge in [-0.15, -0.1) is 0 Å². The fraction of sp³-hybridized carbons (Fsp3) is 0.241. The van der Waals surface area contributed by atoms with Gasteiger partial charge in [0.15, 0.2) is 5.13 Å². The van der Waals surface area contributed by atoms with Crippen LogP contribution in [-0.4, -0.2) is 55.7 Å². The summed E-state index contributed by atoms with van der Waals surface area (Å²) in [5.74, 6) is -1.48. The highest BCUT2D eigenvalue weighted by Gasteiger charge is 2.49. The molecule has 2 aromatic carbocycles. The first-order valence-electron chi connectivity index (χ1n) is 12.1. The van der Waals surface area contributed by atoms with E-state index < -0.39 is 23.7 Å². The molecule has 10 nitrogen and oxygen atoms in total. The van der Waals surface area contributed by atoms with E-state index in [4.69, 9.17) is 18.9 Å². The van der Waals surface area contributed by atoms with E-state index in [1.807, 2.05) is 0 Å². The van der Waals surface area contributed by atoms with Gasteiger partial charge in [0.2, 0.25) is 0 Å². The van der Waals surface area contributed by atoms with Gasteiger partial charge in [0.25, 0.3) is 5.78 Å². The summed E-state index contributed by atoms with van der Waals surface area (Å²) in [6.45, 7) is 6.89. The van der Waals surface area contributed by atoms with Gasteiger partial charge < -0.3 is 24.1 Å². The quantitative estimate of drug-likeness (QED) is 0.129. The van der Waals surface area contributed by atoms with Crippen LogP contribution < -0.4 is 19.1 Å². The van der Waals surface area contributed by atoms with Gasteiger partial charge in [-0.05, 0) is 49.7 Å². The molecular weight excluding hydrogens is 536 g/mol. The van der Waals surface area contributed by atoms with E-state index >= 15 is 0 Å². The number of benzene rings is 2. The Labute approximate surface area is 235 Å². The van der Waals surface area contributed by atoms with Crippen LogP contribution in [0.4, 0.5) is 5.13 Å².